The lowest BCUT2D eigenvalue weighted by Gasteiger charge is -2.37. The third-order valence-corrected chi connectivity index (χ3v) is 3.52. The molecule has 4 nitrogen and oxygen atoms in total. The molecular formula is C13H15NO3. The molecule has 17 heavy (non-hydrogen) atoms. The van der Waals surface area contributed by atoms with Crippen LogP contribution in [-0.4, -0.2) is 31.8 Å². The monoisotopic (exact) mass is 233 g/mol. The van der Waals surface area contributed by atoms with Crippen molar-refractivity contribution in [3.63, 3.8) is 0 Å². The van der Waals surface area contributed by atoms with Gasteiger partial charge in [0.2, 0.25) is 5.91 Å². The summed E-state index contributed by atoms with van der Waals surface area (Å²) >= 11 is 0. The van der Waals surface area contributed by atoms with Gasteiger partial charge in [-0.05, 0) is 23.6 Å². The number of carbonyl (C=O) groups excluding carboxylic acids is 1. The maximum absolute atomic E-state index is 11.3. The van der Waals surface area contributed by atoms with Crippen LogP contribution < -0.4 is 10.1 Å². The van der Waals surface area contributed by atoms with Gasteiger partial charge in [-0.3, -0.25) is 4.79 Å². The summed E-state index contributed by atoms with van der Waals surface area (Å²) in [5.74, 6) is 0.880. The van der Waals surface area contributed by atoms with E-state index >= 15 is 0 Å². The Bertz CT molecular complexity index is 458. The molecular weight excluding hydrogens is 218 g/mol. The lowest BCUT2D eigenvalue weighted by molar-refractivity contribution is -0.137. The number of hydrogen-bond donors (Lipinski definition) is 1. The van der Waals surface area contributed by atoms with E-state index in [2.05, 4.69) is 11.4 Å². The molecule has 2 aliphatic rings. The third-order valence-electron chi connectivity index (χ3n) is 3.52. The highest BCUT2D eigenvalue weighted by atomic mass is 16.5. The highest BCUT2D eigenvalue weighted by molar-refractivity contribution is 5.78. The number of methoxy groups -OCH3 is 1. The Morgan fingerprint density at radius 2 is 2.29 bits per heavy atom. The maximum atomic E-state index is 11.3. The van der Waals surface area contributed by atoms with Gasteiger partial charge in [-0.15, -0.1) is 0 Å². The van der Waals surface area contributed by atoms with Gasteiger partial charge in [0.05, 0.1) is 19.3 Å². The van der Waals surface area contributed by atoms with Gasteiger partial charge in [0.25, 0.3) is 0 Å². The second kappa shape index (κ2) is 4.04. The number of fused-ring (bicyclic) bond motifs is 2. The second-order valence-corrected chi connectivity index (χ2v) is 4.53. The van der Waals surface area contributed by atoms with Gasteiger partial charge in [-0.25, -0.2) is 0 Å². The SMILES string of the molecule is COc1cccc2c1C[C@H]1NC(=O)CO[C@@H]1C2. The van der Waals surface area contributed by atoms with Gasteiger partial charge in [0.15, 0.2) is 0 Å². The second-order valence-electron chi connectivity index (χ2n) is 4.53. The van der Waals surface area contributed by atoms with Gasteiger partial charge in [-0.1, -0.05) is 12.1 Å². The molecule has 0 radical (unpaired) electrons. The Hall–Kier alpha value is -1.55. The summed E-state index contributed by atoms with van der Waals surface area (Å²) in [6.07, 6.45) is 1.74. The molecule has 90 valence electrons. The van der Waals surface area contributed by atoms with E-state index in [0.29, 0.717) is 0 Å². The van der Waals surface area contributed by atoms with E-state index in [0.717, 1.165) is 18.6 Å². The molecule has 0 bridgehead atoms. The van der Waals surface area contributed by atoms with Gasteiger partial charge in [-0.2, -0.15) is 0 Å². The van der Waals surface area contributed by atoms with Crippen LogP contribution in [0.5, 0.6) is 5.75 Å². The summed E-state index contributed by atoms with van der Waals surface area (Å²) in [6, 6.07) is 6.15. The third kappa shape index (κ3) is 1.78. The van der Waals surface area contributed by atoms with E-state index in [1.807, 2.05) is 12.1 Å². The average molecular weight is 233 g/mol. The van der Waals surface area contributed by atoms with Crippen molar-refractivity contribution in [2.24, 2.45) is 0 Å². The number of amides is 1. The molecule has 0 unspecified atom stereocenters. The van der Waals surface area contributed by atoms with E-state index in [9.17, 15) is 4.79 Å². The predicted molar refractivity (Wildman–Crippen MR) is 62.1 cm³/mol. The Labute approximate surface area is 99.9 Å². The van der Waals surface area contributed by atoms with Crippen LogP contribution in [0.1, 0.15) is 11.1 Å². The zero-order chi connectivity index (χ0) is 11.8. The van der Waals surface area contributed by atoms with E-state index in [4.69, 9.17) is 9.47 Å². The van der Waals surface area contributed by atoms with E-state index in [1.165, 1.54) is 11.1 Å². The lowest BCUT2D eigenvalue weighted by atomic mass is 9.85. The first-order valence-electron chi connectivity index (χ1n) is 5.83. The molecule has 1 heterocycles. The number of ether oxygens (including phenoxy) is 2. The van der Waals surface area contributed by atoms with E-state index in [-0.39, 0.29) is 24.7 Å². The largest absolute Gasteiger partial charge is 0.496 e. The molecule has 1 saturated heterocycles. The van der Waals surface area contributed by atoms with Crippen LogP contribution in [0.4, 0.5) is 0 Å². The lowest BCUT2D eigenvalue weighted by Crippen LogP contribution is -2.55. The van der Waals surface area contributed by atoms with Crippen LogP contribution in [0.2, 0.25) is 0 Å². The van der Waals surface area contributed by atoms with Crippen molar-refractivity contribution in [3.05, 3.63) is 29.3 Å². The van der Waals surface area contributed by atoms with Crippen molar-refractivity contribution in [1.29, 1.82) is 0 Å². The summed E-state index contributed by atoms with van der Waals surface area (Å²) in [5, 5.41) is 2.99. The van der Waals surface area contributed by atoms with Crippen molar-refractivity contribution in [2.45, 2.75) is 25.0 Å². The van der Waals surface area contributed by atoms with Crippen molar-refractivity contribution in [3.8, 4) is 5.75 Å². The topological polar surface area (TPSA) is 47.6 Å². The minimum Gasteiger partial charge on any atom is -0.496 e. The van der Waals surface area contributed by atoms with Crippen molar-refractivity contribution >= 4 is 5.91 Å². The van der Waals surface area contributed by atoms with Crippen LogP contribution in [0.15, 0.2) is 18.2 Å². The molecule has 4 heteroatoms. The normalized spacial score (nSPS) is 26.8. The zero-order valence-corrected chi connectivity index (χ0v) is 9.73. The number of benzene rings is 1. The zero-order valence-electron chi connectivity index (χ0n) is 9.73. The molecule has 0 saturated carbocycles. The first kappa shape index (κ1) is 10.6. The Morgan fingerprint density at radius 3 is 3.12 bits per heavy atom. The molecule has 3 rings (SSSR count). The molecule has 1 fully saturated rings. The number of morpholine rings is 1. The molecule has 1 aromatic rings. The van der Waals surface area contributed by atoms with Crippen LogP contribution >= 0.6 is 0 Å². The summed E-state index contributed by atoms with van der Waals surface area (Å²) < 4.78 is 10.9. The van der Waals surface area contributed by atoms with Crippen molar-refractivity contribution in [2.75, 3.05) is 13.7 Å². The highest BCUT2D eigenvalue weighted by Gasteiger charge is 2.35. The fourth-order valence-corrected chi connectivity index (χ4v) is 2.69. The van der Waals surface area contributed by atoms with Crippen LogP contribution in [-0.2, 0) is 22.4 Å². The molecule has 2 atom stereocenters. The molecule has 1 aliphatic heterocycles. The molecule has 1 amide bonds. The van der Waals surface area contributed by atoms with Crippen LogP contribution in [0, 0.1) is 0 Å². The molecule has 1 aliphatic carbocycles. The molecule has 0 spiro atoms. The predicted octanol–water partition coefficient (Wildman–Crippen LogP) is 0.677. The molecule has 0 aromatic heterocycles. The Balaban J connectivity index is 1.94. The summed E-state index contributed by atoms with van der Waals surface area (Å²) in [6.45, 7) is 0.181. The molecule has 1 N–H and O–H groups in total. The van der Waals surface area contributed by atoms with E-state index in [1.54, 1.807) is 7.11 Å². The van der Waals surface area contributed by atoms with Gasteiger partial charge in [0, 0.05) is 6.42 Å². The van der Waals surface area contributed by atoms with Gasteiger partial charge < -0.3 is 14.8 Å². The van der Waals surface area contributed by atoms with Crippen LogP contribution in [0.3, 0.4) is 0 Å². The highest BCUT2D eigenvalue weighted by Crippen LogP contribution is 2.31. The Morgan fingerprint density at radius 1 is 1.41 bits per heavy atom. The fraction of sp³-hybridized carbons (Fsp3) is 0.462. The first-order chi connectivity index (χ1) is 8.28. The molecule has 1 aromatic carbocycles. The maximum Gasteiger partial charge on any atom is 0.246 e. The van der Waals surface area contributed by atoms with Gasteiger partial charge >= 0.3 is 0 Å². The summed E-state index contributed by atoms with van der Waals surface area (Å²) in [4.78, 5) is 11.3. The van der Waals surface area contributed by atoms with Crippen LogP contribution in [0.25, 0.3) is 0 Å². The van der Waals surface area contributed by atoms with E-state index < -0.39 is 0 Å². The average Bonchev–Trinajstić information content (AvgIpc) is 2.35. The number of nitrogens with one attached hydrogen (secondary N) is 1. The smallest absolute Gasteiger partial charge is 0.246 e. The standard InChI is InChI=1S/C13H15NO3/c1-16-11-4-2-3-8-5-12-10(6-9(8)11)14-13(15)7-17-12/h2-4,10,12H,5-7H2,1H3,(H,14,15)/t10-,12-/m1/s1. The minimum absolute atomic E-state index is 0.0235. The van der Waals surface area contributed by atoms with Gasteiger partial charge in [0.1, 0.15) is 12.4 Å². The van der Waals surface area contributed by atoms with Crippen molar-refractivity contribution < 1.29 is 14.3 Å². The Kier molecular flexibility index (Phi) is 2.52. The first-order valence-corrected chi connectivity index (χ1v) is 5.83. The quantitative estimate of drug-likeness (QED) is 0.776. The summed E-state index contributed by atoms with van der Waals surface area (Å²) in [7, 11) is 1.68. The number of rotatable bonds is 1. The minimum atomic E-state index is -0.0235. The number of carbonyl (C=O) groups is 1. The summed E-state index contributed by atoms with van der Waals surface area (Å²) in [5.41, 5.74) is 2.46. The fourth-order valence-electron chi connectivity index (χ4n) is 2.69. The number of hydrogen-bond acceptors (Lipinski definition) is 3. The van der Waals surface area contributed by atoms with Crippen molar-refractivity contribution in [1.82, 2.24) is 5.32 Å².